The molecule has 40 heavy (non-hydrogen) atoms. The molecular weight excluding hydrogens is 516 g/mol. The van der Waals surface area contributed by atoms with Crippen molar-refractivity contribution < 1.29 is 44.2 Å². The van der Waals surface area contributed by atoms with Crippen molar-refractivity contribution in [3.05, 3.63) is 12.2 Å². The number of allylic oxidation sites excluding steroid dienone is 2. The van der Waals surface area contributed by atoms with Crippen LogP contribution in [-0.4, -0.2) is 89.6 Å². The molecule has 6 unspecified atom stereocenters. The van der Waals surface area contributed by atoms with E-state index in [9.17, 15) is 25.2 Å². The van der Waals surface area contributed by atoms with Crippen LogP contribution in [0, 0.1) is 0 Å². The van der Waals surface area contributed by atoms with E-state index in [4.69, 9.17) is 18.9 Å². The first kappa shape index (κ1) is 37.0. The van der Waals surface area contributed by atoms with Gasteiger partial charge in [0.15, 0.2) is 6.29 Å². The third-order valence-electron chi connectivity index (χ3n) is 7.18. The SMILES string of the molecule is CCCCCC/C=C\CCCCCCCCOCC(COC1OC(CO)C(O)C(O)C1O)OC(=O)CCCCC. The van der Waals surface area contributed by atoms with Crippen molar-refractivity contribution in [2.45, 2.75) is 153 Å². The van der Waals surface area contributed by atoms with Gasteiger partial charge < -0.3 is 39.4 Å². The molecule has 1 aliphatic rings. The van der Waals surface area contributed by atoms with E-state index < -0.39 is 43.4 Å². The number of esters is 1. The summed E-state index contributed by atoms with van der Waals surface area (Å²) in [5, 5.41) is 39.5. The maximum atomic E-state index is 12.3. The van der Waals surface area contributed by atoms with Crippen LogP contribution in [-0.2, 0) is 23.7 Å². The molecule has 1 saturated heterocycles. The van der Waals surface area contributed by atoms with Gasteiger partial charge in [-0.2, -0.15) is 0 Å². The lowest BCUT2D eigenvalue weighted by Crippen LogP contribution is -2.59. The molecule has 1 fully saturated rings. The third-order valence-corrected chi connectivity index (χ3v) is 7.18. The van der Waals surface area contributed by atoms with Crippen molar-refractivity contribution in [1.29, 1.82) is 0 Å². The molecule has 4 N–H and O–H groups in total. The molecule has 0 aromatic carbocycles. The predicted octanol–water partition coefficient (Wildman–Crippen LogP) is 4.57. The van der Waals surface area contributed by atoms with Gasteiger partial charge in [-0.1, -0.05) is 83.8 Å². The van der Waals surface area contributed by atoms with E-state index in [1.54, 1.807) is 0 Å². The molecule has 9 nitrogen and oxygen atoms in total. The fraction of sp³-hybridized carbons (Fsp3) is 0.903. The molecule has 0 saturated carbocycles. The Morgan fingerprint density at radius 1 is 0.775 bits per heavy atom. The summed E-state index contributed by atoms with van der Waals surface area (Å²) >= 11 is 0. The number of carbonyl (C=O) groups excluding carboxylic acids is 1. The zero-order chi connectivity index (χ0) is 29.4. The molecule has 0 radical (unpaired) electrons. The van der Waals surface area contributed by atoms with Crippen molar-refractivity contribution in [3.8, 4) is 0 Å². The minimum absolute atomic E-state index is 0.116. The molecular formula is C31H58O9. The van der Waals surface area contributed by atoms with Gasteiger partial charge in [-0.25, -0.2) is 0 Å². The normalized spacial score (nSPS) is 24.0. The Bertz CT molecular complexity index is 628. The number of hydrogen-bond donors (Lipinski definition) is 4. The number of rotatable bonds is 25. The van der Waals surface area contributed by atoms with Crippen molar-refractivity contribution in [2.75, 3.05) is 26.4 Å². The first-order valence-corrected chi connectivity index (χ1v) is 15.8. The number of aliphatic hydroxyl groups excluding tert-OH is 4. The fourth-order valence-corrected chi connectivity index (χ4v) is 4.60. The summed E-state index contributed by atoms with van der Waals surface area (Å²) in [7, 11) is 0. The Labute approximate surface area is 242 Å². The van der Waals surface area contributed by atoms with Crippen LogP contribution in [0.2, 0.25) is 0 Å². The molecule has 0 amide bonds. The smallest absolute Gasteiger partial charge is 0.306 e. The van der Waals surface area contributed by atoms with Crippen LogP contribution in [0.4, 0.5) is 0 Å². The van der Waals surface area contributed by atoms with Gasteiger partial charge in [0.25, 0.3) is 0 Å². The summed E-state index contributed by atoms with van der Waals surface area (Å²) in [6.07, 6.45) is 14.6. The van der Waals surface area contributed by atoms with Crippen LogP contribution in [0.25, 0.3) is 0 Å². The van der Waals surface area contributed by atoms with E-state index in [0.717, 1.165) is 32.1 Å². The lowest BCUT2D eigenvalue weighted by Gasteiger charge is -2.39. The molecule has 1 rings (SSSR count). The van der Waals surface area contributed by atoms with Crippen molar-refractivity contribution >= 4 is 5.97 Å². The van der Waals surface area contributed by atoms with Gasteiger partial charge in [-0.05, 0) is 38.5 Å². The first-order valence-electron chi connectivity index (χ1n) is 15.8. The summed E-state index contributed by atoms with van der Waals surface area (Å²) in [6, 6.07) is 0. The highest BCUT2D eigenvalue weighted by Gasteiger charge is 2.44. The second-order valence-electron chi connectivity index (χ2n) is 10.9. The maximum Gasteiger partial charge on any atom is 0.306 e. The first-order chi connectivity index (χ1) is 19.4. The largest absolute Gasteiger partial charge is 0.457 e. The second kappa shape index (κ2) is 24.5. The molecule has 0 bridgehead atoms. The van der Waals surface area contributed by atoms with Gasteiger partial charge in [-0.15, -0.1) is 0 Å². The quantitative estimate of drug-likeness (QED) is 0.0702. The van der Waals surface area contributed by atoms with Crippen molar-refractivity contribution in [1.82, 2.24) is 0 Å². The van der Waals surface area contributed by atoms with Gasteiger partial charge in [-0.3, -0.25) is 4.79 Å². The zero-order valence-corrected chi connectivity index (χ0v) is 25.1. The minimum atomic E-state index is -1.53. The van der Waals surface area contributed by atoms with Crippen LogP contribution in [0.1, 0.15) is 117 Å². The highest BCUT2D eigenvalue weighted by molar-refractivity contribution is 5.69. The molecule has 0 aromatic heterocycles. The Hall–Kier alpha value is -1.07. The standard InChI is InChI=1S/C31H58O9/c1-3-5-7-8-9-10-11-12-13-14-15-16-17-19-21-37-23-25(39-27(33)20-18-6-4-2)24-38-31-30(36)29(35)28(34)26(22-32)40-31/h10-11,25-26,28-32,34-36H,3-9,12-24H2,1-2H3/b11-10-. The summed E-state index contributed by atoms with van der Waals surface area (Å²) in [5.41, 5.74) is 0. The molecule has 0 aromatic rings. The van der Waals surface area contributed by atoms with Crippen LogP contribution in [0.3, 0.4) is 0 Å². The van der Waals surface area contributed by atoms with Crippen LogP contribution in [0.5, 0.6) is 0 Å². The number of carbonyl (C=O) groups is 1. The fourth-order valence-electron chi connectivity index (χ4n) is 4.60. The topological polar surface area (TPSA) is 135 Å². The van der Waals surface area contributed by atoms with Crippen LogP contribution < -0.4 is 0 Å². The Balaban J connectivity index is 2.28. The minimum Gasteiger partial charge on any atom is -0.457 e. The maximum absolute atomic E-state index is 12.3. The van der Waals surface area contributed by atoms with Crippen LogP contribution in [0.15, 0.2) is 12.2 Å². The lowest BCUT2D eigenvalue weighted by molar-refractivity contribution is -0.305. The van der Waals surface area contributed by atoms with Crippen molar-refractivity contribution in [2.24, 2.45) is 0 Å². The number of hydrogen-bond acceptors (Lipinski definition) is 9. The number of aliphatic hydroxyl groups is 4. The van der Waals surface area contributed by atoms with Gasteiger partial charge >= 0.3 is 5.97 Å². The van der Waals surface area contributed by atoms with Crippen LogP contribution >= 0.6 is 0 Å². The van der Waals surface area contributed by atoms with E-state index in [1.165, 1.54) is 64.2 Å². The lowest BCUT2D eigenvalue weighted by atomic mass is 9.99. The van der Waals surface area contributed by atoms with Gasteiger partial charge in [0.05, 0.1) is 19.8 Å². The Kier molecular flexibility index (Phi) is 22.7. The highest BCUT2D eigenvalue weighted by Crippen LogP contribution is 2.22. The zero-order valence-electron chi connectivity index (χ0n) is 25.1. The van der Waals surface area contributed by atoms with E-state index in [0.29, 0.717) is 13.0 Å². The number of unbranched alkanes of at least 4 members (excludes halogenated alkanes) is 12. The third kappa shape index (κ3) is 17.0. The Morgan fingerprint density at radius 2 is 1.38 bits per heavy atom. The molecule has 0 spiro atoms. The molecule has 1 aliphatic heterocycles. The monoisotopic (exact) mass is 574 g/mol. The molecule has 9 heteroatoms. The van der Waals surface area contributed by atoms with E-state index in [1.807, 2.05) is 0 Å². The van der Waals surface area contributed by atoms with E-state index in [2.05, 4.69) is 26.0 Å². The second-order valence-corrected chi connectivity index (χ2v) is 10.9. The summed E-state index contributed by atoms with van der Waals surface area (Å²) in [6.45, 7) is 4.33. The van der Waals surface area contributed by atoms with E-state index >= 15 is 0 Å². The van der Waals surface area contributed by atoms with Gasteiger partial charge in [0.2, 0.25) is 0 Å². The molecule has 1 heterocycles. The van der Waals surface area contributed by atoms with Crippen molar-refractivity contribution in [3.63, 3.8) is 0 Å². The van der Waals surface area contributed by atoms with Gasteiger partial charge in [0, 0.05) is 13.0 Å². The van der Waals surface area contributed by atoms with E-state index in [-0.39, 0.29) is 19.2 Å². The average Bonchev–Trinajstić information content (AvgIpc) is 2.95. The highest BCUT2D eigenvalue weighted by atomic mass is 16.7. The molecule has 6 atom stereocenters. The molecule has 0 aliphatic carbocycles. The Morgan fingerprint density at radius 3 is 2.02 bits per heavy atom. The van der Waals surface area contributed by atoms with Gasteiger partial charge in [0.1, 0.15) is 30.5 Å². The summed E-state index contributed by atoms with van der Waals surface area (Å²) in [4.78, 5) is 12.3. The summed E-state index contributed by atoms with van der Waals surface area (Å²) < 4.78 is 22.3. The summed E-state index contributed by atoms with van der Waals surface area (Å²) in [5.74, 6) is -0.342. The number of ether oxygens (including phenoxy) is 4. The average molecular weight is 575 g/mol. The molecule has 236 valence electrons. The predicted molar refractivity (Wildman–Crippen MR) is 155 cm³/mol.